The number of methoxy groups -OCH3 is 1. The van der Waals surface area contributed by atoms with Crippen LogP contribution in [-0.4, -0.2) is 29.1 Å². The van der Waals surface area contributed by atoms with Gasteiger partial charge in [-0.3, -0.25) is 14.5 Å². The van der Waals surface area contributed by atoms with Gasteiger partial charge in [-0.25, -0.2) is 0 Å². The number of para-hydroxylation sites is 1. The zero-order valence-corrected chi connectivity index (χ0v) is 18.0. The number of carbonyl (C=O) groups excluding carboxylic acids is 2. The Morgan fingerprint density at radius 3 is 2.45 bits per heavy atom. The number of aryl methyl sites for hydroxylation is 1. The van der Waals surface area contributed by atoms with Crippen LogP contribution in [0.1, 0.15) is 22.9 Å². The molecule has 2 heterocycles. The summed E-state index contributed by atoms with van der Waals surface area (Å²) in [5, 5.41) is 17.2. The van der Waals surface area contributed by atoms with Crippen LogP contribution in [0.2, 0.25) is 0 Å². The molecule has 33 heavy (non-hydrogen) atoms. The van der Waals surface area contributed by atoms with Gasteiger partial charge in [0.25, 0.3) is 5.78 Å². The van der Waals surface area contributed by atoms with E-state index in [4.69, 9.17) is 9.26 Å². The number of hydrogen-bond donors (Lipinski definition) is 1. The molecule has 1 saturated heterocycles. The van der Waals surface area contributed by atoms with Crippen LogP contribution in [0.25, 0.3) is 16.5 Å². The molecule has 1 fully saturated rings. The molecule has 0 bridgehead atoms. The van der Waals surface area contributed by atoms with Crippen molar-refractivity contribution in [1.29, 1.82) is 0 Å². The van der Waals surface area contributed by atoms with Crippen LogP contribution >= 0.6 is 0 Å². The van der Waals surface area contributed by atoms with Gasteiger partial charge in [0.2, 0.25) is 0 Å². The van der Waals surface area contributed by atoms with Gasteiger partial charge >= 0.3 is 5.91 Å². The highest BCUT2D eigenvalue weighted by atomic mass is 16.5. The first kappa shape index (κ1) is 20.5. The number of fused-ring (bicyclic) bond motifs is 1. The van der Waals surface area contributed by atoms with E-state index in [0.717, 1.165) is 10.8 Å². The second-order valence-electron chi connectivity index (χ2n) is 7.77. The fourth-order valence-corrected chi connectivity index (χ4v) is 4.21. The van der Waals surface area contributed by atoms with Gasteiger partial charge in [-0.15, -0.1) is 0 Å². The van der Waals surface area contributed by atoms with Crippen molar-refractivity contribution in [3.63, 3.8) is 0 Å². The van der Waals surface area contributed by atoms with Crippen molar-refractivity contribution < 1.29 is 24.0 Å². The highest BCUT2D eigenvalue weighted by Gasteiger charge is 2.49. The first-order chi connectivity index (χ1) is 16.0. The first-order valence-electron chi connectivity index (χ1n) is 10.4. The maximum Gasteiger partial charge on any atom is 0.301 e. The monoisotopic (exact) mass is 440 g/mol. The number of ether oxygens (including phenoxy) is 1. The second-order valence-corrected chi connectivity index (χ2v) is 7.77. The normalized spacial score (nSPS) is 17.6. The van der Waals surface area contributed by atoms with Gasteiger partial charge in [-0.2, -0.15) is 0 Å². The lowest BCUT2D eigenvalue weighted by molar-refractivity contribution is -0.132. The molecule has 1 atom stereocenters. The van der Waals surface area contributed by atoms with Crippen LogP contribution in [0, 0.1) is 6.92 Å². The smallest absolute Gasteiger partial charge is 0.301 e. The van der Waals surface area contributed by atoms with Crippen LogP contribution in [-0.2, 0) is 9.59 Å². The number of aliphatic hydroxyl groups excluding tert-OH is 1. The van der Waals surface area contributed by atoms with Crippen molar-refractivity contribution in [2.75, 3.05) is 12.0 Å². The van der Waals surface area contributed by atoms with Gasteiger partial charge in [0.1, 0.15) is 23.3 Å². The molecule has 0 radical (unpaired) electrons. The third-order valence-corrected chi connectivity index (χ3v) is 5.76. The number of Topliss-reactive ketones (excluding diaryl/α,β-unsaturated/α-hetero) is 1. The van der Waals surface area contributed by atoms with Crippen LogP contribution in [0.3, 0.4) is 0 Å². The largest absolute Gasteiger partial charge is 0.507 e. The van der Waals surface area contributed by atoms with E-state index in [-0.39, 0.29) is 17.2 Å². The SMILES string of the molecule is COc1ccccc1[C@H]1/C(=C(\O)c2ccc3ccccc3c2)C(=O)C(=O)N1c1cc(C)on1. The number of benzene rings is 3. The number of anilines is 1. The van der Waals surface area contributed by atoms with Gasteiger partial charge < -0.3 is 14.4 Å². The van der Waals surface area contributed by atoms with E-state index >= 15 is 0 Å². The Morgan fingerprint density at radius 2 is 1.73 bits per heavy atom. The number of hydrogen-bond acceptors (Lipinski definition) is 6. The Labute approximate surface area is 189 Å². The van der Waals surface area contributed by atoms with Crippen LogP contribution in [0.15, 0.2) is 82.9 Å². The van der Waals surface area contributed by atoms with Crippen LogP contribution in [0.5, 0.6) is 5.75 Å². The van der Waals surface area contributed by atoms with Crippen molar-refractivity contribution in [3.8, 4) is 5.75 Å². The molecule has 7 nitrogen and oxygen atoms in total. The Hall–Kier alpha value is -4.39. The molecular formula is C26H20N2O5. The summed E-state index contributed by atoms with van der Waals surface area (Å²) in [4.78, 5) is 27.7. The molecule has 1 N–H and O–H groups in total. The van der Waals surface area contributed by atoms with E-state index in [9.17, 15) is 14.7 Å². The quantitative estimate of drug-likeness (QED) is 0.279. The lowest BCUT2D eigenvalue weighted by Crippen LogP contribution is -2.29. The fourth-order valence-electron chi connectivity index (χ4n) is 4.21. The van der Waals surface area contributed by atoms with Crippen molar-refractivity contribution in [2.45, 2.75) is 13.0 Å². The third kappa shape index (κ3) is 3.34. The number of rotatable bonds is 4. The van der Waals surface area contributed by atoms with E-state index < -0.39 is 17.7 Å². The van der Waals surface area contributed by atoms with E-state index in [0.29, 0.717) is 22.6 Å². The summed E-state index contributed by atoms with van der Waals surface area (Å²) in [6, 6.07) is 20.8. The summed E-state index contributed by atoms with van der Waals surface area (Å²) >= 11 is 0. The topological polar surface area (TPSA) is 92.9 Å². The molecule has 1 aliphatic rings. The van der Waals surface area contributed by atoms with Crippen LogP contribution < -0.4 is 9.64 Å². The molecule has 7 heteroatoms. The van der Waals surface area contributed by atoms with E-state index in [1.165, 1.54) is 12.0 Å². The lowest BCUT2D eigenvalue weighted by atomic mass is 9.94. The number of ketones is 1. The lowest BCUT2D eigenvalue weighted by Gasteiger charge is -2.24. The standard InChI is InChI=1S/C26H20N2O5/c1-15-13-21(27-33-15)28-23(19-9-5-6-10-20(19)32-2)22(25(30)26(28)31)24(29)18-12-11-16-7-3-4-8-17(16)14-18/h3-14,23,29H,1-2H3/b24-22+/t23-/m0/s1. The molecule has 0 unspecified atom stereocenters. The predicted octanol–water partition coefficient (Wildman–Crippen LogP) is 4.77. The van der Waals surface area contributed by atoms with E-state index in [2.05, 4.69) is 5.16 Å². The Kier molecular flexibility index (Phi) is 4.94. The summed E-state index contributed by atoms with van der Waals surface area (Å²) in [6.07, 6.45) is 0. The predicted molar refractivity (Wildman–Crippen MR) is 123 cm³/mol. The fraction of sp³-hybridized carbons (Fsp3) is 0.115. The molecule has 0 aliphatic carbocycles. The molecule has 3 aromatic carbocycles. The Balaban J connectivity index is 1.76. The molecule has 0 spiro atoms. The molecule has 0 saturated carbocycles. The number of amides is 1. The van der Waals surface area contributed by atoms with Gasteiger partial charge in [0, 0.05) is 17.2 Å². The second kappa shape index (κ2) is 7.94. The average Bonchev–Trinajstić information content (AvgIpc) is 3.38. The molecule has 1 aliphatic heterocycles. The Bertz CT molecular complexity index is 1440. The Morgan fingerprint density at radius 1 is 1.00 bits per heavy atom. The van der Waals surface area contributed by atoms with Gasteiger partial charge in [-0.1, -0.05) is 59.8 Å². The van der Waals surface area contributed by atoms with Crippen molar-refractivity contribution in [1.82, 2.24) is 5.16 Å². The van der Waals surface area contributed by atoms with E-state index in [1.807, 2.05) is 30.3 Å². The summed E-state index contributed by atoms with van der Waals surface area (Å²) < 4.78 is 10.7. The highest BCUT2D eigenvalue weighted by Crippen LogP contribution is 2.44. The first-order valence-corrected chi connectivity index (χ1v) is 10.4. The van der Waals surface area contributed by atoms with Gasteiger partial charge in [-0.05, 0) is 29.8 Å². The maximum absolute atomic E-state index is 13.2. The molecular weight excluding hydrogens is 420 g/mol. The minimum absolute atomic E-state index is 0.0413. The summed E-state index contributed by atoms with van der Waals surface area (Å²) in [6.45, 7) is 1.69. The minimum Gasteiger partial charge on any atom is -0.507 e. The summed E-state index contributed by atoms with van der Waals surface area (Å²) in [5.74, 6) is -0.737. The molecule has 5 rings (SSSR count). The zero-order valence-electron chi connectivity index (χ0n) is 18.0. The summed E-state index contributed by atoms with van der Waals surface area (Å²) in [7, 11) is 1.51. The summed E-state index contributed by atoms with van der Waals surface area (Å²) in [5.41, 5.74) is 0.936. The number of aliphatic hydroxyl groups is 1. The minimum atomic E-state index is -0.947. The number of nitrogens with zero attached hydrogens (tertiary/aromatic N) is 2. The number of aromatic nitrogens is 1. The average molecular weight is 440 g/mol. The molecule has 1 aromatic heterocycles. The molecule has 4 aromatic rings. The van der Waals surface area contributed by atoms with Crippen molar-refractivity contribution >= 4 is 34.0 Å². The molecule has 164 valence electrons. The van der Waals surface area contributed by atoms with E-state index in [1.54, 1.807) is 49.4 Å². The number of carbonyl (C=O) groups is 2. The van der Waals surface area contributed by atoms with Crippen molar-refractivity contribution in [3.05, 3.63) is 95.3 Å². The van der Waals surface area contributed by atoms with Gasteiger partial charge in [0.15, 0.2) is 5.82 Å². The van der Waals surface area contributed by atoms with Gasteiger partial charge in [0.05, 0.1) is 12.7 Å². The molecule has 1 amide bonds. The zero-order chi connectivity index (χ0) is 23.1. The van der Waals surface area contributed by atoms with Crippen LogP contribution in [0.4, 0.5) is 5.82 Å². The maximum atomic E-state index is 13.2. The third-order valence-electron chi connectivity index (χ3n) is 5.76. The van der Waals surface area contributed by atoms with Crippen molar-refractivity contribution in [2.24, 2.45) is 0 Å². The highest BCUT2D eigenvalue weighted by molar-refractivity contribution is 6.51.